The summed E-state index contributed by atoms with van der Waals surface area (Å²) in [5, 5.41) is 0. The number of nitrogens with zero attached hydrogens (tertiary/aromatic N) is 1. The molecule has 1 spiro atoms. The zero-order valence-corrected chi connectivity index (χ0v) is 18.8. The second-order valence-electron chi connectivity index (χ2n) is 9.91. The summed E-state index contributed by atoms with van der Waals surface area (Å²) in [4.78, 5) is 13.5. The summed E-state index contributed by atoms with van der Waals surface area (Å²) in [5.41, 5.74) is 0.999. The lowest BCUT2D eigenvalue weighted by Crippen LogP contribution is -2.36. The molecule has 0 radical (unpaired) electrons. The van der Waals surface area contributed by atoms with Gasteiger partial charge in [-0.2, -0.15) is 0 Å². The SMILES string of the molecule is CN(C)C(=O)c1ccc(OCCCCCC2CCC3(CC2)CCC(C)(C)O3)cc1. The maximum Gasteiger partial charge on any atom is 0.253 e. The Balaban J connectivity index is 1.26. The van der Waals surface area contributed by atoms with Gasteiger partial charge in [0, 0.05) is 19.7 Å². The van der Waals surface area contributed by atoms with E-state index in [9.17, 15) is 4.79 Å². The molecule has 1 aliphatic heterocycles. The van der Waals surface area contributed by atoms with Gasteiger partial charge in [0.05, 0.1) is 17.8 Å². The molecule has 1 aromatic carbocycles. The maximum atomic E-state index is 11.9. The van der Waals surface area contributed by atoms with Crippen LogP contribution in [-0.2, 0) is 4.74 Å². The van der Waals surface area contributed by atoms with E-state index >= 15 is 0 Å². The molecule has 1 saturated heterocycles. The summed E-state index contributed by atoms with van der Waals surface area (Å²) in [5.74, 6) is 1.75. The van der Waals surface area contributed by atoms with Crippen molar-refractivity contribution in [2.75, 3.05) is 20.7 Å². The first-order chi connectivity index (χ1) is 13.8. The molecule has 2 fully saturated rings. The van der Waals surface area contributed by atoms with Gasteiger partial charge in [-0.25, -0.2) is 0 Å². The van der Waals surface area contributed by atoms with Crippen molar-refractivity contribution in [3.8, 4) is 5.75 Å². The third kappa shape index (κ3) is 6.21. The number of hydrogen-bond acceptors (Lipinski definition) is 3. The standard InChI is InChI=1S/C25H39NO3/c1-24(2)17-18-25(29-24)15-13-20(14-16-25)8-6-5-7-19-28-22-11-9-21(10-12-22)23(27)26(3)4/h9-12,20H,5-8,13-19H2,1-4H3. The monoisotopic (exact) mass is 401 g/mol. The minimum Gasteiger partial charge on any atom is -0.494 e. The van der Waals surface area contributed by atoms with Crippen LogP contribution in [-0.4, -0.2) is 42.7 Å². The number of hydrogen-bond donors (Lipinski definition) is 0. The van der Waals surface area contributed by atoms with E-state index in [1.54, 1.807) is 19.0 Å². The van der Waals surface area contributed by atoms with Crippen LogP contribution in [0.4, 0.5) is 0 Å². The molecule has 1 heterocycles. The predicted molar refractivity (Wildman–Crippen MR) is 118 cm³/mol. The van der Waals surface area contributed by atoms with E-state index < -0.39 is 0 Å². The highest BCUT2D eigenvalue weighted by Gasteiger charge is 2.45. The van der Waals surface area contributed by atoms with Gasteiger partial charge in [-0.15, -0.1) is 0 Å². The molecule has 162 valence electrons. The molecular formula is C25H39NO3. The number of rotatable bonds is 8. The van der Waals surface area contributed by atoms with Gasteiger partial charge in [0.1, 0.15) is 5.75 Å². The Morgan fingerprint density at radius 2 is 1.72 bits per heavy atom. The average Bonchev–Trinajstić information content (AvgIpc) is 3.00. The number of benzene rings is 1. The average molecular weight is 402 g/mol. The molecule has 0 unspecified atom stereocenters. The summed E-state index contributed by atoms with van der Waals surface area (Å²) in [6.07, 6.45) is 12.6. The molecule has 0 N–H and O–H groups in total. The van der Waals surface area contributed by atoms with Crippen molar-refractivity contribution in [1.82, 2.24) is 4.90 Å². The van der Waals surface area contributed by atoms with Gasteiger partial charge in [0.2, 0.25) is 0 Å². The first kappa shape index (κ1) is 22.1. The smallest absolute Gasteiger partial charge is 0.253 e. The van der Waals surface area contributed by atoms with Crippen molar-refractivity contribution in [2.24, 2.45) is 5.92 Å². The Bertz CT molecular complexity index is 657. The van der Waals surface area contributed by atoms with Crippen LogP contribution >= 0.6 is 0 Å². The fourth-order valence-electron chi connectivity index (χ4n) is 4.92. The summed E-state index contributed by atoms with van der Waals surface area (Å²) in [7, 11) is 3.53. The number of unbranched alkanes of at least 4 members (excludes halogenated alkanes) is 2. The van der Waals surface area contributed by atoms with E-state index in [-0.39, 0.29) is 17.1 Å². The zero-order chi connectivity index (χ0) is 20.9. The largest absolute Gasteiger partial charge is 0.494 e. The summed E-state index contributed by atoms with van der Waals surface area (Å²) < 4.78 is 12.3. The van der Waals surface area contributed by atoms with Gasteiger partial charge in [-0.1, -0.05) is 19.3 Å². The molecule has 0 bridgehead atoms. The van der Waals surface area contributed by atoms with E-state index in [4.69, 9.17) is 9.47 Å². The third-order valence-corrected chi connectivity index (χ3v) is 6.72. The molecule has 1 aliphatic carbocycles. The Kier molecular flexibility index (Phi) is 7.26. The highest BCUT2D eigenvalue weighted by molar-refractivity contribution is 5.93. The van der Waals surface area contributed by atoms with Crippen LogP contribution in [0.2, 0.25) is 0 Å². The Labute approximate surface area is 177 Å². The molecule has 1 aromatic rings. The summed E-state index contributed by atoms with van der Waals surface area (Å²) in [6.45, 7) is 5.23. The lowest BCUT2D eigenvalue weighted by atomic mass is 9.76. The van der Waals surface area contributed by atoms with Crippen LogP contribution < -0.4 is 4.74 Å². The van der Waals surface area contributed by atoms with Gasteiger partial charge >= 0.3 is 0 Å². The van der Waals surface area contributed by atoms with Crippen molar-refractivity contribution in [1.29, 1.82) is 0 Å². The Morgan fingerprint density at radius 3 is 2.31 bits per heavy atom. The Hall–Kier alpha value is -1.55. The van der Waals surface area contributed by atoms with Gasteiger partial charge < -0.3 is 14.4 Å². The van der Waals surface area contributed by atoms with Crippen molar-refractivity contribution in [3.63, 3.8) is 0 Å². The second-order valence-corrected chi connectivity index (χ2v) is 9.91. The van der Waals surface area contributed by atoms with Crippen LogP contribution in [0.3, 0.4) is 0 Å². The number of amides is 1. The second kappa shape index (κ2) is 9.51. The van der Waals surface area contributed by atoms with E-state index in [2.05, 4.69) is 13.8 Å². The van der Waals surface area contributed by atoms with Crippen molar-refractivity contribution in [3.05, 3.63) is 29.8 Å². The van der Waals surface area contributed by atoms with Crippen LogP contribution in [0.1, 0.15) is 88.4 Å². The maximum absolute atomic E-state index is 11.9. The minimum atomic E-state index is 0.0217. The molecule has 2 aliphatic rings. The summed E-state index contributed by atoms with van der Waals surface area (Å²) >= 11 is 0. The molecule has 0 aromatic heterocycles. The van der Waals surface area contributed by atoms with E-state index in [1.165, 1.54) is 57.8 Å². The van der Waals surface area contributed by atoms with Gasteiger partial charge in [-0.3, -0.25) is 4.79 Å². The van der Waals surface area contributed by atoms with Gasteiger partial charge in [-0.05, 0) is 89.0 Å². The zero-order valence-electron chi connectivity index (χ0n) is 18.8. The Morgan fingerprint density at radius 1 is 1.03 bits per heavy atom. The van der Waals surface area contributed by atoms with E-state index in [0.29, 0.717) is 5.56 Å². The molecular weight excluding hydrogens is 362 g/mol. The van der Waals surface area contributed by atoms with Crippen LogP contribution in [0.5, 0.6) is 5.75 Å². The molecule has 29 heavy (non-hydrogen) atoms. The normalized spacial score (nSPS) is 25.9. The van der Waals surface area contributed by atoms with E-state index in [0.717, 1.165) is 24.7 Å². The molecule has 1 saturated carbocycles. The fraction of sp³-hybridized carbons (Fsp3) is 0.720. The molecule has 3 rings (SSSR count). The van der Waals surface area contributed by atoms with Crippen molar-refractivity contribution in [2.45, 2.75) is 89.3 Å². The third-order valence-electron chi connectivity index (χ3n) is 6.72. The van der Waals surface area contributed by atoms with Crippen LogP contribution in [0.25, 0.3) is 0 Å². The predicted octanol–water partition coefficient (Wildman–Crippen LogP) is 5.85. The number of carbonyl (C=O) groups is 1. The van der Waals surface area contributed by atoms with Crippen molar-refractivity contribution < 1.29 is 14.3 Å². The lowest BCUT2D eigenvalue weighted by Gasteiger charge is -2.38. The molecule has 4 heteroatoms. The number of carbonyl (C=O) groups excluding carboxylic acids is 1. The first-order valence-corrected chi connectivity index (χ1v) is 11.4. The quantitative estimate of drug-likeness (QED) is 0.513. The first-order valence-electron chi connectivity index (χ1n) is 11.4. The topological polar surface area (TPSA) is 38.8 Å². The lowest BCUT2D eigenvalue weighted by molar-refractivity contribution is -0.109. The van der Waals surface area contributed by atoms with E-state index in [1.807, 2.05) is 24.3 Å². The van der Waals surface area contributed by atoms with Crippen LogP contribution in [0.15, 0.2) is 24.3 Å². The number of ether oxygens (including phenoxy) is 2. The molecule has 0 atom stereocenters. The fourth-order valence-corrected chi connectivity index (χ4v) is 4.92. The molecule has 4 nitrogen and oxygen atoms in total. The van der Waals surface area contributed by atoms with Crippen molar-refractivity contribution >= 4 is 5.91 Å². The van der Waals surface area contributed by atoms with Gasteiger partial charge in [0.15, 0.2) is 0 Å². The highest BCUT2D eigenvalue weighted by Crippen LogP contribution is 2.47. The van der Waals surface area contributed by atoms with Gasteiger partial charge in [0.25, 0.3) is 5.91 Å². The highest BCUT2D eigenvalue weighted by atomic mass is 16.5. The summed E-state index contributed by atoms with van der Waals surface area (Å²) in [6, 6.07) is 7.45. The molecule has 1 amide bonds. The van der Waals surface area contributed by atoms with Crippen LogP contribution in [0, 0.1) is 5.92 Å². The minimum absolute atomic E-state index is 0.0217.